The first-order valence-electron chi connectivity index (χ1n) is 9.41. The maximum Gasteiger partial charge on any atom is 0.416 e. The number of halogens is 4. The number of aromatic carboxylic acids is 1. The third-order valence-electron chi connectivity index (χ3n) is 4.89. The Kier molecular flexibility index (Phi) is 5.87. The van der Waals surface area contributed by atoms with Crippen LogP contribution in [0.3, 0.4) is 0 Å². The summed E-state index contributed by atoms with van der Waals surface area (Å²) >= 11 is 6.86. The summed E-state index contributed by atoms with van der Waals surface area (Å²) in [6, 6.07) is 12.1. The summed E-state index contributed by atoms with van der Waals surface area (Å²) < 4.78 is 47.6. The number of carboxylic acids is 1. The highest BCUT2D eigenvalue weighted by atomic mass is 35.5. The molecule has 32 heavy (non-hydrogen) atoms. The number of benzene rings is 2. The molecule has 0 radical (unpaired) electrons. The second kappa shape index (κ2) is 8.48. The predicted molar refractivity (Wildman–Crippen MR) is 116 cm³/mol. The summed E-state index contributed by atoms with van der Waals surface area (Å²) in [6.07, 6.45) is -4.04. The van der Waals surface area contributed by atoms with Crippen molar-refractivity contribution in [3.8, 4) is 10.8 Å². The zero-order valence-corrected chi connectivity index (χ0v) is 18.1. The minimum Gasteiger partial charge on any atom is -0.484 e. The van der Waals surface area contributed by atoms with Gasteiger partial charge in [-0.1, -0.05) is 24.3 Å². The molecule has 166 valence electrons. The van der Waals surface area contributed by atoms with E-state index in [9.17, 15) is 23.1 Å². The molecule has 2 aromatic heterocycles. The van der Waals surface area contributed by atoms with Crippen molar-refractivity contribution in [3.05, 3.63) is 76.4 Å². The van der Waals surface area contributed by atoms with Crippen LogP contribution in [0.25, 0.3) is 16.0 Å². The first-order chi connectivity index (χ1) is 15.2. The first-order valence-corrected chi connectivity index (χ1v) is 10.8. The van der Waals surface area contributed by atoms with Crippen molar-refractivity contribution < 1.29 is 27.8 Å². The lowest BCUT2D eigenvalue weighted by Gasteiger charge is -2.19. The highest BCUT2D eigenvalue weighted by Crippen LogP contribution is 2.39. The molecule has 1 N–H and O–H groups in total. The van der Waals surface area contributed by atoms with E-state index in [4.69, 9.17) is 16.3 Å². The van der Waals surface area contributed by atoms with Gasteiger partial charge >= 0.3 is 12.1 Å². The molecule has 0 amide bonds. The van der Waals surface area contributed by atoms with E-state index in [1.54, 1.807) is 10.9 Å². The highest BCUT2D eigenvalue weighted by Gasteiger charge is 2.35. The second-order valence-electron chi connectivity index (χ2n) is 7.00. The van der Waals surface area contributed by atoms with Crippen LogP contribution < -0.4 is 4.74 Å². The average molecular weight is 481 g/mol. The number of alkyl halides is 4. The molecule has 0 bridgehead atoms. The van der Waals surface area contributed by atoms with Crippen molar-refractivity contribution in [2.45, 2.75) is 25.1 Å². The highest BCUT2D eigenvalue weighted by molar-refractivity contribution is 7.16. The fourth-order valence-corrected chi connectivity index (χ4v) is 4.47. The number of carboxylic acid groups (broad SMARTS) is 1. The quantitative estimate of drug-likeness (QED) is 0.312. The summed E-state index contributed by atoms with van der Waals surface area (Å²) in [5, 5.41) is 10.2. The van der Waals surface area contributed by atoms with Gasteiger partial charge in [-0.05, 0) is 30.7 Å². The number of nitrogens with zero attached hydrogens (tertiary/aromatic N) is 2. The molecule has 0 aliphatic rings. The van der Waals surface area contributed by atoms with Gasteiger partial charge in [0.05, 0.1) is 16.6 Å². The van der Waals surface area contributed by atoms with E-state index >= 15 is 0 Å². The summed E-state index contributed by atoms with van der Waals surface area (Å²) in [5.74, 6) is -0.952. The molecular weight excluding hydrogens is 465 g/mol. The van der Waals surface area contributed by atoms with E-state index < -0.39 is 23.8 Å². The van der Waals surface area contributed by atoms with Crippen LogP contribution in [0.2, 0.25) is 0 Å². The predicted octanol–water partition coefficient (Wildman–Crippen LogP) is 6.68. The summed E-state index contributed by atoms with van der Waals surface area (Å²) in [6.45, 7) is 1.45. The molecule has 0 unspecified atom stereocenters. The van der Waals surface area contributed by atoms with Crippen molar-refractivity contribution in [1.82, 2.24) is 9.55 Å². The number of thiophene rings is 1. The van der Waals surface area contributed by atoms with Crippen LogP contribution in [0, 0.1) is 0 Å². The van der Waals surface area contributed by atoms with Crippen LogP contribution in [0.15, 0.2) is 54.9 Å². The molecule has 10 heteroatoms. The number of fused-ring (bicyclic) bond motifs is 1. The SMILES string of the molecule is C[C@@H](Oc1cc(-n2cnc3ccc(CCl)cc32)sc1C(=O)O)c1ccccc1C(F)(F)F. The van der Waals surface area contributed by atoms with Crippen LogP contribution in [0.1, 0.15) is 39.4 Å². The lowest BCUT2D eigenvalue weighted by Crippen LogP contribution is -2.14. The van der Waals surface area contributed by atoms with Gasteiger partial charge in [0.15, 0.2) is 4.88 Å². The van der Waals surface area contributed by atoms with Gasteiger partial charge < -0.3 is 9.84 Å². The topological polar surface area (TPSA) is 64.4 Å². The Morgan fingerprint density at radius 3 is 2.69 bits per heavy atom. The summed E-state index contributed by atoms with van der Waals surface area (Å²) in [7, 11) is 0. The second-order valence-corrected chi connectivity index (χ2v) is 8.30. The number of hydrogen-bond donors (Lipinski definition) is 1. The molecule has 2 heterocycles. The molecule has 0 spiro atoms. The monoisotopic (exact) mass is 480 g/mol. The zero-order valence-electron chi connectivity index (χ0n) is 16.6. The Labute approximate surface area is 189 Å². The fourth-order valence-electron chi connectivity index (χ4n) is 3.39. The Morgan fingerprint density at radius 1 is 1.25 bits per heavy atom. The van der Waals surface area contributed by atoms with Crippen LogP contribution in [-0.4, -0.2) is 20.6 Å². The maximum absolute atomic E-state index is 13.4. The number of imidazole rings is 1. The summed E-state index contributed by atoms with van der Waals surface area (Å²) in [4.78, 5) is 16.0. The number of carbonyl (C=O) groups is 1. The van der Waals surface area contributed by atoms with Crippen LogP contribution in [0.5, 0.6) is 5.75 Å². The Morgan fingerprint density at radius 2 is 2.00 bits per heavy atom. The largest absolute Gasteiger partial charge is 0.484 e. The summed E-state index contributed by atoms with van der Waals surface area (Å²) in [5.41, 5.74) is 1.38. The van der Waals surface area contributed by atoms with Crippen LogP contribution >= 0.6 is 22.9 Å². The van der Waals surface area contributed by atoms with E-state index in [2.05, 4.69) is 4.98 Å². The molecule has 0 fully saturated rings. The molecule has 4 rings (SSSR count). The molecule has 0 aliphatic heterocycles. The van der Waals surface area contributed by atoms with Crippen molar-refractivity contribution in [2.24, 2.45) is 0 Å². The van der Waals surface area contributed by atoms with Gasteiger partial charge in [-0.25, -0.2) is 9.78 Å². The molecule has 2 aromatic carbocycles. The molecule has 4 aromatic rings. The van der Waals surface area contributed by atoms with Gasteiger partial charge in [0.25, 0.3) is 0 Å². The van der Waals surface area contributed by atoms with Crippen LogP contribution in [0.4, 0.5) is 13.2 Å². The van der Waals surface area contributed by atoms with Crippen molar-refractivity contribution in [1.29, 1.82) is 0 Å². The van der Waals surface area contributed by atoms with E-state index in [0.717, 1.165) is 28.5 Å². The molecule has 1 atom stereocenters. The number of rotatable bonds is 6. The lowest BCUT2D eigenvalue weighted by molar-refractivity contribution is -0.139. The molecule has 0 saturated heterocycles. The number of hydrogen-bond acceptors (Lipinski definition) is 4. The normalized spacial score (nSPS) is 12.8. The van der Waals surface area contributed by atoms with Crippen molar-refractivity contribution in [2.75, 3.05) is 0 Å². The average Bonchev–Trinajstić information content (AvgIpc) is 3.36. The molecular formula is C22H16ClF3N2O3S. The van der Waals surface area contributed by atoms with Gasteiger partial charge in [-0.3, -0.25) is 4.57 Å². The van der Waals surface area contributed by atoms with Gasteiger partial charge in [0, 0.05) is 17.5 Å². The van der Waals surface area contributed by atoms with Gasteiger partial charge in [-0.2, -0.15) is 13.2 Å². The van der Waals surface area contributed by atoms with E-state index in [1.807, 2.05) is 18.2 Å². The lowest BCUT2D eigenvalue weighted by atomic mass is 10.0. The molecule has 0 saturated carbocycles. The van der Waals surface area contributed by atoms with Crippen molar-refractivity contribution >= 4 is 39.9 Å². The molecule has 0 aliphatic carbocycles. The van der Waals surface area contributed by atoms with E-state index in [-0.39, 0.29) is 16.2 Å². The fraction of sp³-hybridized carbons (Fsp3) is 0.182. The zero-order chi connectivity index (χ0) is 23.0. The Bertz CT molecular complexity index is 1300. The smallest absolute Gasteiger partial charge is 0.416 e. The van der Waals surface area contributed by atoms with Gasteiger partial charge in [-0.15, -0.1) is 22.9 Å². The minimum absolute atomic E-state index is 0.0164. The standard InChI is InChI=1S/C22H16ClF3N2O3S/c1-12(14-4-2-3-5-15(14)22(24,25)26)31-18-9-19(32-20(18)21(29)30)28-11-27-16-7-6-13(10-23)8-17(16)28/h2-9,11-12H,10H2,1H3,(H,29,30)/t12-/m1/s1. The van der Waals surface area contributed by atoms with Crippen LogP contribution in [-0.2, 0) is 12.1 Å². The third-order valence-corrected chi connectivity index (χ3v) is 6.30. The Balaban J connectivity index is 1.74. The van der Waals surface area contributed by atoms with Gasteiger partial charge in [0.2, 0.25) is 0 Å². The molecule has 5 nitrogen and oxygen atoms in total. The maximum atomic E-state index is 13.4. The van der Waals surface area contributed by atoms with E-state index in [0.29, 0.717) is 16.4 Å². The number of aromatic nitrogens is 2. The van der Waals surface area contributed by atoms with Gasteiger partial charge in [0.1, 0.15) is 23.2 Å². The van der Waals surface area contributed by atoms with Crippen molar-refractivity contribution in [3.63, 3.8) is 0 Å². The number of ether oxygens (including phenoxy) is 1. The van der Waals surface area contributed by atoms with E-state index in [1.165, 1.54) is 31.2 Å². The Hall–Kier alpha value is -3.04. The third kappa shape index (κ3) is 4.18. The minimum atomic E-state index is -4.56. The first kappa shape index (κ1) is 22.2.